The van der Waals surface area contributed by atoms with Crippen LogP contribution >= 0.6 is 0 Å². The summed E-state index contributed by atoms with van der Waals surface area (Å²) in [5, 5.41) is 15.6. The molecule has 0 fully saturated rings. The summed E-state index contributed by atoms with van der Waals surface area (Å²) in [5.74, 6) is -0.546. The van der Waals surface area contributed by atoms with Crippen molar-refractivity contribution in [3.63, 3.8) is 0 Å². The smallest absolute Gasteiger partial charge is 0.323 e. The average molecular weight is 658 g/mol. The summed E-state index contributed by atoms with van der Waals surface area (Å²) in [6.07, 6.45) is 3.06. The van der Waals surface area contributed by atoms with Gasteiger partial charge in [-0.3, -0.25) is 9.59 Å². The number of anilines is 2. The zero-order valence-corrected chi connectivity index (χ0v) is 28.6. The van der Waals surface area contributed by atoms with Crippen molar-refractivity contribution in [2.24, 2.45) is 5.92 Å². The number of aliphatic hydroxyl groups excluding tert-OH is 1. The minimum absolute atomic E-state index is 0.0436. The zero-order valence-electron chi connectivity index (χ0n) is 28.6. The van der Waals surface area contributed by atoms with Gasteiger partial charge in [-0.2, -0.15) is 0 Å². The molecule has 0 aliphatic carbocycles. The SMILES string of the molecule is C[C@@H]1CCCCO[C@H](CN(C)C(=O)CCCN(C)C)[C@@H](C)CN([C@H](C)CO)C(=O)c2cc(NC(=O)Nc3ccc(F)cc3)ccc2O1. The van der Waals surface area contributed by atoms with E-state index in [1.165, 1.54) is 24.3 Å². The molecule has 47 heavy (non-hydrogen) atoms. The quantitative estimate of drug-likeness (QED) is 0.326. The van der Waals surface area contributed by atoms with Crippen molar-refractivity contribution in [3.05, 3.63) is 53.8 Å². The van der Waals surface area contributed by atoms with Crippen molar-refractivity contribution in [1.29, 1.82) is 0 Å². The van der Waals surface area contributed by atoms with E-state index in [2.05, 4.69) is 15.5 Å². The maximum absolute atomic E-state index is 14.3. The summed E-state index contributed by atoms with van der Waals surface area (Å²) < 4.78 is 25.9. The van der Waals surface area contributed by atoms with E-state index in [9.17, 15) is 23.9 Å². The van der Waals surface area contributed by atoms with Gasteiger partial charge in [0, 0.05) is 50.5 Å². The number of amides is 4. The molecule has 0 spiro atoms. The van der Waals surface area contributed by atoms with Gasteiger partial charge in [-0.1, -0.05) is 6.92 Å². The van der Waals surface area contributed by atoms with Crippen LogP contribution in [0.4, 0.5) is 20.6 Å². The van der Waals surface area contributed by atoms with Crippen LogP contribution in [0.5, 0.6) is 5.75 Å². The van der Waals surface area contributed by atoms with Crippen LogP contribution in [0.15, 0.2) is 42.5 Å². The molecule has 0 unspecified atom stereocenters. The molecule has 2 aromatic rings. The van der Waals surface area contributed by atoms with Gasteiger partial charge in [0.15, 0.2) is 0 Å². The highest BCUT2D eigenvalue weighted by atomic mass is 19.1. The van der Waals surface area contributed by atoms with E-state index in [1.54, 1.807) is 42.0 Å². The Kier molecular flexibility index (Phi) is 14.9. The lowest BCUT2D eigenvalue weighted by Crippen LogP contribution is -2.48. The van der Waals surface area contributed by atoms with E-state index in [-0.39, 0.29) is 48.7 Å². The van der Waals surface area contributed by atoms with E-state index < -0.39 is 17.9 Å². The summed E-state index contributed by atoms with van der Waals surface area (Å²) in [6.45, 7) is 7.41. The third kappa shape index (κ3) is 12.1. The molecule has 11 nitrogen and oxygen atoms in total. The Morgan fingerprint density at radius 2 is 1.74 bits per heavy atom. The van der Waals surface area contributed by atoms with Crippen molar-refractivity contribution >= 4 is 29.2 Å². The maximum atomic E-state index is 14.3. The predicted octanol–water partition coefficient (Wildman–Crippen LogP) is 5.07. The first-order chi connectivity index (χ1) is 22.4. The number of halogens is 1. The molecule has 1 aliphatic rings. The number of carbonyl (C=O) groups is 3. The Hall–Kier alpha value is -3.74. The van der Waals surface area contributed by atoms with E-state index in [0.717, 1.165) is 32.2 Å². The molecule has 2 aromatic carbocycles. The van der Waals surface area contributed by atoms with Crippen molar-refractivity contribution in [2.45, 2.75) is 71.1 Å². The molecule has 0 saturated carbocycles. The first kappa shape index (κ1) is 37.7. The lowest BCUT2D eigenvalue weighted by atomic mass is 10.0. The van der Waals surface area contributed by atoms with Crippen LogP contribution in [0.1, 0.15) is 63.2 Å². The molecule has 260 valence electrons. The van der Waals surface area contributed by atoms with E-state index in [0.29, 0.717) is 36.7 Å². The van der Waals surface area contributed by atoms with Gasteiger partial charge in [-0.25, -0.2) is 9.18 Å². The Bertz CT molecular complexity index is 1310. The summed E-state index contributed by atoms with van der Waals surface area (Å²) in [7, 11) is 5.75. The van der Waals surface area contributed by atoms with Crippen LogP contribution in [0.3, 0.4) is 0 Å². The van der Waals surface area contributed by atoms with Crippen molar-refractivity contribution in [1.82, 2.24) is 14.7 Å². The van der Waals surface area contributed by atoms with Crippen molar-refractivity contribution in [2.75, 3.05) is 64.6 Å². The molecule has 12 heteroatoms. The molecule has 1 heterocycles. The first-order valence-corrected chi connectivity index (χ1v) is 16.4. The number of nitrogens with one attached hydrogen (secondary N) is 2. The third-order valence-electron chi connectivity index (χ3n) is 8.29. The number of likely N-dealkylation sites (N-methyl/N-ethyl adjacent to an activating group) is 1. The number of ether oxygens (including phenoxy) is 2. The Balaban J connectivity index is 1.87. The number of rotatable bonds is 10. The monoisotopic (exact) mass is 657 g/mol. The molecule has 0 saturated heterocycles. The molecule has 4 amide bonds. The molecule has 3 N–H and O–H groups in total. The molecule has 0 bridgehead atoms. The molecule has 3 rings (SSSR count). The first-order valence-electron chi connectivity index (χ1n) is 16.4. The third-order valence-corrected chi connectivity index (χ3v) is 8.29. The normalized spacial score (nSPS) is 20.1. The van der Waals surface area contributed by atoms with Crippen LogP contribution < -0.4 is 15.4 Å². The highest BCUT2D eigenvalue weighted by Crippen LogP contribution is 2.29. The van der Waals surface area contributed by atoms with Crippen molar-refractivity contribution in [3.8, 4) is 5.75 Å². The van der Waals surface area contributed by atoms with Gasteiger partial charge in [0.25, 0.3) is 5.91 Å². The lowest BCUT2D eigenvalue weighted by molar-refractivity contribution is -0.132. The van der Waals surface area contributed by atoms with Crippen LogP contribution in [-0.4, -0.2) is 110 Å². The Morgan fingerprint density at radius 1 is 1.06 bits per heavy atom. The second-order valence-corrected chi connectivity index (χ2v) is 12.8. The van der Waals surface area contributed by atoms with Gasteiger partial charge < -0.3 is 39.9 Å². The molecule has 4 atom stereocenters. The predicted molar refractivity (Wildman–Crippen MR) is 181 cm³/mol. The standard InChI is InChI=1S/C35H52FN5O6/c1-24-21-41(25(2)23-42)34(44)30-20-29(38-35(45)37-28-14-12-27(36)13-15-28)16-17-31(30)47-26(3)10-7-8-19-46-32(24)22-40(6)33(43)11-9-18-39(4)5/h12-17,20,24-26,32,42H,7-11,18-19,21-23H2,1-6H3,(H2,37,38,45)/t24-,25+,26+,32+/m0/s1. The Morgan fingerprint density at radius 3 is 2.43 bits per heavy atom. The lowest BCUT2D eigenvalue weighted by Gasteiger charge is -2.36. The van der Waals surface area contributed by atoms with Gasteiger partial charge >= 0.3 is 6.03 Å². The van der Waals surface area contributed by atoms with Gasteiger partial charge in [-0.15, -0.1) is 0 Å². The highest BCUT2D eigenvalue weighted by Gasteiger charge is 2.31. The van der Waals surface area contributed by atoms with E-state index in [1.807, 2.05) is 27.9 Å². The number of urea groups is 1. The highest BCUT2D eigenvalue weighted by molar-refractivity contribution is 6.02. The summed E-state index contributed by atoms with van der Waals surface area (Å²) >= 11 is 0. The maximum Gasteiger partial charge on any atom is 0.323 e. The molecule has 1 aliphatic heterocycles. The summed E-state index contributed by atoms with van der Waals surface area (Å²) in [4.78, 5) is 45.3. The molecular weight excluding hydrogens is 605 g/mol. The molecule has 0 radical (unpaired) electrons. The van der Waals surface area contributed by atoms with Crippen molar-refractivity contribution < 1.29 is 33.4 Å². The fraction of sp³-hybridized carbons (Fsp3) is 0.571. The fourth-order valence-corrected chi connectivity index (χ4v) is 5.40. The number of hydrogen-bond acceptors (Lipinski definition) is 7. The number of fused-ring (bicyclic) bond motifs is 1. The number of hydrogen-bond donors (Lipinski definition) is 3. The van der Waals surface area contributed by atoms with Gasteiger partial charge in [0.05, 0.1) is 30.4 Å². The zero-order chi connectivity index (χ0) is 34.5. The van der Waals surface area contributed by atoms with Gasteiger partial charge in [0.2, 0.25) is 5.91 Å². The average Bonchev–Trinajstić information content (AvgIpc) is 3.03. The second-order valence-electron chi connectivity index (χ2n) is 12.8. The minimum Gasteiger partial charge on any atom is -0.490 e. The van der Waals surface area contributed by atoms with Gasteiger partial charge in [0.1, 0.15) is 11.6 Å². The summed E-state index contributed by atoms with van der Waals surface area (Å²) in [5.41, 5.74) is 1.01. The second kappa shape index (κ2) is 18.6. The van der Waals surface area contributed by atoms with E-state index in [4.69, 9.17) is 9.47 Å². The number of carbonyl (C=O) groups excluding carboxylic acids is 3. The fourth-order valence-electron chi connectivity index (χ4n) is 5.40. The van der Waals surface area contributed by atoms with Crippen LogP contribution in [0.25, 0.3) is 0 Å². The largest absolute Gasteiger partial charge is 0.490 e. The van der Waals surface area contributed by atoms with Crippen LogP contribution in [0, 0.1) is 11.7 Å². The number of nitrogens with zero attached hydrogens (tertiary/aromatic N) is 3. The molecular formula is C35H52FN5O6. The molecule has 0 aromatic heterocycles. The minimum atomic E-state index is -0.561. The number of benzene rings is 2. The van der Waals surface area contributed by atoms with Crippen LogP contribution in [0.2, 0.25) is 0 Å². The van der Waals surface area contributed by atoms with E-state index >= 15 is 0 Å². The van der Waals surface area contributed by atoms with Crippen LogP contribution in [-0.2, 0) is 9.53 Å². The van der Waals surface area contributed by atoms with Gasteiger partial charge in [-0.05, 0) is 103 Å². The summed E-state index contributed by atoms with van der Waals surface area (Å²) in [6, 6.07) is 9.17. The topological polar surface area (TPSA) is 124 Å². The Labute approximate surface area is 278 Å². The number of aliphatic hydroxyl groups is 1.